The Morgan fingerprint density at radius 2 is 1.27 bits per heavy atom. The van der Waals surface area contributed by atoms with E-state index < -0.39 is 22.2 Å². The molecule has 1 rings (SSSR count). The molecule has 15 heavy (non-hydrogen) atoms. The van der Waals surface area contributed by atoms with Crippen LogP contribution in [-0.4, -0.2) is 17.2 Å². The minimum absolute atomic E-state index is 0.121. The zero-order chi connectivity index (χ0) is 12.0. The molecule has 0 spiro atoms. The van der Waals surface area contributed by atoms with Gasteiger partial charge in [0.25, 0.3) is 0 Å². The van der Waals surface area contributed by atoms with E-state index in [1.807, 2.05) is 0 Å². The summed E-state index contributed by atoms with van der Waals surface area (Å²) in [5.41, 5.74) is -0.291. The Morgan fingerprint density at radius 1 is 0.867 bits per heavy atom. The average molecular weight is 248 g/mol. The molecule has 0 fully saturated rings. The van der Waals surface area contributed by atoms with E-state index in [4.69, 9.17) is 10.0 Å². The lowest BCUT2D eigenvalue weighted by Crippen LogP contribution is -2.29. The smallest absolute Gasteiger partial charge is 0.423 e. The van der Waals surface area contributed by atoms with Crippen molar-refractivity contribution >= 4 is 22.8 Å². The van der Waals surface area contributed by atoms with Crippen molar-refractivity contribution in [1.82, 2.24) is 0 Å². The Bertz CT molecular complexity index is 372. The molecule has 2 N–H and O–H groups in total. The van der Waals surface area contributed by atoms with Crippen LogP contribution in [0, 0.1) is 0 Å². The molecule has 0 radical (unpaired) electrons. The molecule has 0 atom stereocenters. The number of hydrogen-bond donors (Lipinski definition) is 2. The van der Waals surface area contributed by atoms with Gasteiger partial charge in [0.1, 0.15) is 4.90 Å². The van der Waals surface area contributed by atoms with E-state index >= 15 is 0 Å². The van der Waals surface area contributed by atoms with Crippen LogP contribution in [0.5, 0.6) is 0 Å². The largest absolute Gasteiger partial charge is 0.488 e. The van der Waals surface area contributed by atoms with Crippen molar-refractivity contribution in [3.05, 3.63) is 24.3 Å². The Morgan fingerprint density at radius 3 is 1.53 bits per heavy atom. The predicted molar refractivity (Wildman–Crippen MR) is 47.7 cm³/mol. The van der Waals surface area contributed by atoms with Crippen LogP contribution in [0.3, 0.4) is 0 Å². The molecule has 0 aliphatic rings. The fourth-order valence-corrected chi connectivity index (χ4v) is 1.55. The van der Waals surface area contributed by atoms with Gasteiger partial charge in [-0.1, -0.05) is 31.6 Å². The molecule has 0 heterocycles. The first-order chi connectivity index (χ1) is 6.40. The maximum absolute atomic E-state index is 12.2. The summed E-state index contributed by atoms with van der Waals surface area (Å²) in [5.74, 6) is 0. The molecule has 0 unspecified atom stereocenters. The standard InChI is InChI=1S/C6H6BF5O2S/c8-15(9,10,11,12)6-3-1-5(2-4-6)7(13)14/h1-4,13-14H. The zero-order valence-corrected chi connectivity index (χ0v) is 7.90. The highest BCUT2D eigenvalue weighted by atomic mass is 32.5. The molecule has 9 heteroatoms. The van der Waals surface area contributed by atoms with Crippen LogP contribution >= 0.6 is 10.2 Å². The minimum atomic E-state index is -9.65. The molecule has 86 valence electrons. The molecule has 0 saturated carbocycles. The van der Waals surface area contributed by atoms with Crippen molar-refractivity contribution in [1.29, 1.82) is 0 Å². The molecule has 1 aromatic rings. The van der Waals surface area contributed by atoms with Gasteiger partial charge >= 0.3 is 17.3 Å². The molecule has 0 amide bonds. The number of benzene rings is 1. The molecule has 0 aromatic heterocycles. The summed E-state index contributed by atoms with van der Waals surface area (Å²) in [5, 5.41) is 17.1. The van der Waals surface area contributed by atoms with Crippen LogP contribution in [0.2, 0.25) is 0 Å². The van der Waals surface area contributed by atoms with Gasteiger partial charge in [-0.2, -0.15) is 0 Å². The van der Waals surface area contributed by atoms with Crippen molar-refractivity contribution in [3.63, 3.8) is 0 Å². The van der Waals surface area contributed by atoms with Gasteiger partial charge < -0.3 is 10.0 Å². The van der Waals surface area contributed by atoms with E-state index in [1.165, 1.54) is 0 Å². The fourth-order valence-electron chi connectivity index (χ4n) is 0.897. The normalized spacial score (nSPS) is 16.7. The highest BCUT2D eigenvalue weighted by Crippen LogP contribution is 3.02. The molecule has 0 aliphatic carbocycles. The molecule has 0 bridgehead atoms. The highest BCUT2D eigenvalue weighted by molar-refractivity contribution is 8.45. The van der Waals surface area contributed by atoms with Gasteiger partial charge in [-0.3, -0.25) is 0 Å². The molecule has 1 aromatic carbocycles. The first-order valence-electron chi connectivity index (χ1n) is 3.60. The minimum Gasteiger partial charge on any atom is -0.423 e. The van der Waals surface area contributed by atoms with Gasteiger partial charge in [0.2, 0.25) is 0 Å². The predicted octanol–water partition coefficient (Wildman–Crippen LogP) is 2.02. The second kappa shape index (κ2) is 2.66. The monoisotopic (exact) mass is 248 g/mol. The van der Waals surface area contributed by atoms with Gasteiger partial charge in [0.15, 0.2) is 0 Å². The molecule has 0 aliphatic heterocycles. The van der Waals surface area contributed by atoms with E-state index in [0.717, 1.165) is 0 Å². The van der Waals surface area contributed by atoms with E-state index in [-0.39, 0.29) is 17.6 Å². The van der Waals surface area contributed by atoms with Gasteiger partial charge in [-0.25, -0.2) is 0 Å². The van der Waals surface area contributed by atoms with Crippen LogP contribution in [-0.2, 0) is 0 Å². The van der Waals surface area contributed by atoms with E-state index in [9.17, 15) is 19.4 Å². The average Bonchev–Trinajstić information content (AvgIpc) is 2.00. The summed E-state index contributed by atoms with van der Waals surface area (Å²) in [6.07, 6.45) is 0. The van der Waals surface area contributed by atoms with Crippen LogP contribution in [0.1, 0.15) is 0 Å². The van der Waals surface area contributed by atoms with Crippen molar-refractivity contribution in [2.45, 2.75) is 4.90 Å². The summed E-state index contributed by atoms with van der Waals surface area (Å²) >= 11 is 0. The summed E-state index contributed by atoms with van der Waals surface area (Å²) < 4.78 is 60.8. The number of rotatable bonds is 2. The Balaban J connectivity index is 3.23. The summed E-state index contributed by atoms with van der Waals surface area (Å²) in [6, 6.07) is 1.41. The quantitative estimate of drug-likeness (QED) is 0.620. The zero-order valence-electron chi connectivity index (χ0n) is 7.08. The second-order valence-corrected chi connectivity index (χ2v) is 5.32. The SMILES string of the molecule is OB(O)c1ccc(S(F)(F)(F)(F)F)cc1. The van der Waals surface area contributed by atoms with Crippen LogP contribution in [0.25, 0.3) is 0 Å². The Hall–Kier alpha value is -0.795. The summed E-state index contributed by atoms with van der Waals surface area (Å²) in [7, 11) is -11.6. The molecule has 0 saturated heterocycles. The first kappa shape index (κ1) is 12.3. The summed E-state index contributed by atoms with van der Waals surface area (Å²) in [4.78, 5) is -2.06. The lowest BCUT2D eigenvalue weighted by atomic mass is 9.81. The number of halogens is 5. The van der Waals surface area contributed by atoms with E-state index in [1.54, 1.807) is 0 Å². The third-order valence-corrected chi connectivity index (χ3v) is 2.79. The van der Waals surface area contributed by atoms with Crippen LogP contribution in [0.15, 0.2) is 29.2 Å². The highest BCUT2D eigenvalue weighted by Gasteiger charge is 2.65. The van der Waals surface area contributed by atoms with E-state index in [2.05, 4.69) is 0 Å². The Labute approximate surface area is 82.2 Å². The lowest BCUT2D eigenvalue weighted by molar-refractivity contribution is 0.364. The third kappa shape index (κ3) is 3.08. The third-order valence-electron chi connectivity index (χ3n) is 1.62. The van der Waals surface area contributed by atoms with Gasteiger partial charge in [-0.15, -0.1) is 0 Å². The summed E-state index contributed by atoms with van der Waals surface area (Å²) in [6.45, 7) is 0. The van der Waals surface area contributed by atoms with Crippen molar-refractivity contribution < 1.29 is 29.5 Å². The Kier molecular flexibility index (Phi) is 2.17. The first-order valence-corrected chi connectivity index (χ1v) is 5.55. The van der Waals surface area contributed by atoms with Crippen LogP contribution in [0.4, 0.5) is 19.4 Å². The van der Waals surface area contributed by atoms with E-state index in [0.29, 0.717) is 12.1 Å². The lowest BCUT2D eigenvalue weighted by Gasteiger charge is -2.40. The van der Waals surface area contributed by atoms with Gasteiger partial charge in [-0.05, 0) is 17.6 Å². The second-order valence-electron chi connectivity index (χ2n) is 2.91. The van der Waals surface area contributed by atoms with Crippen molar-refractivity contribution in [3.8, 4) is 0 Å². The topological polar surface area (TPSA) is 40.5 Å². The number of hydrogen-bond acceptors (Lipinski definition) is 2. The van der Waals surface area contributed by atoms with Gasteiger partial charge in [0.05, 0.1) is 0 Å². The fraction of sp³-hybridized carbons (Fsp3) is 0. The van der Waals surface area contributed by atoms with Crippen molar-refractivity contribution in [2.75, 3.05) is 0 Å². The maximum atomic E-state index is 12.2. The van der Waals surface area contributed by atoms with Crippen LogP contribution < -0.4 is 5.46 Å². The molecular formula is C6H6BF5O2S. The molecule has 2 nitrogen and oxygen atoms in total. The maximum Gasteiger partial charge on any atom is 0.488 e. The van der Waals surface area contributed by atoms with Crippen molar-refractivity contribution in [2.24, 2.45) is 0 Å². The van der Waals surface area contributed by atoms with Gasteiger partial charge in [0, 0.05) is 0 Å². The molecular weight excluding hydrogens is 242 g/mol.